The highest BCUT2D eigenvalue weighted by molar-refractivity contribution is 5.70. The molecule has 1 fully saturated rings. The summed E-state index contributed by atoms with van der Waals surface area (Å²) in [6, 6.07) is 6.73. The summed E-state index contributed by atoms with van der Waals surface area (Å²) in [5.74, 6) is -1.05. The van der Waals surface area contributed by atoms with Crippen molar-refractivity contribution >= 4 is 5.97 Å². The van der Waals surface area contributed by atoms with E-state index in [1.807, 2.05) is 0 Å². The number of rotatable bonds is 3. The van der Waals surface area contributed by atoms with E-state index in [4.69, 9.17) is 5.73 Å². The summed E-state index contributed by atoms with van der Waals surface area (Å²) in [6.45, 7) is 2.21. The van der Waals surface area contributed by atoms with Crippen molar-refractivity contribution in [1.29, 1.82) is 0 Å². The zero-order chi connectivity index (χ0) is 14.8. The highest BCUT2D eigenvalue weighted by Crippen LogP contribution is 2.24. The van der Waals surface area contributed by atoms with Crippen LogP contribution in [0.1, 0.15) is 36.0 Å². The van der Waals surface area contributed by atoms with Crippen LogP contribution < -0.4 is 5.73 Å². The molecule has 0 aromatic heterocycles. The number of carboxylic acid groups (broad SMARTS) is 1. The van der Waals surface area contributed by atoms with Gasteiger partial charge in [0.25, 0.3) is 0 Å². The number of carbonyl (C=O) groups is 1. The number of aliphatic carboxylic acids is 1. The SMILES string of the molecule is NC1CC(C(=O)O)CN(Cc2ccc3c(c2)CCCC3)C1. The van der Waals surface area contributed by atoms with Crippen molar-refractivity contribution in [1.82, 2.24) is 4.90 Å². The number of nitrogens with two attached hydrogens (primary N) is 1. The third kappa shape index (κ3) is 3.44. The van der Waals surface area contributed by atoms with Crippen LogP contribution in [0.5, 0.6) is 0 Å². The normalized spacial score (nSPS) is 26.3. The number of likely N-dealkylation sites (tertiary alicyclic amines) is 1. The first-order valence-electron chi connectivity index (χ1n) is 7.93. The van der Waals surface area contributed by atoms with E-state index >= 15 is 0 Å². The maximum absolute atomic E-state index is 11.2. The maximum atomic E-state index is 11.2. The lowest BCUT2D eigenvalue weighted by molar-refractivity contribution is -0.144. The molecule has 21 heavy (non-hydrogen) atoms. The second kappa shape index (κ2) is 6.16. The summed E-state index contributed by atoms with van der Waals surface area (Å²) >= 11 is 0. The third-order valence-corrected chi connectivity index (χ3v) is 4.73. The molecule has 0 radical (unpaired) electrons. The van der Waals surface area contributed by atoms with Crippen LogP contribution in [0.15, 0.2) is 18.2 Å². The van der Waals surface area contributed by atoms with Crippen molar-refractivity contribution in [3.63, 3.8) is 0 Å². The Morgan fingerprint density at radius 1 is 1.24 bits per heavy atom. The van der Waals surface area contributed by atoms with Crippen LogP contribution in [0.25, 0.3) is 0 Å². The first-order chi connectivity index (χ1) is 10.1. The molecule has 2 atom stereocenters. The minimum absolute atomic E-state index is 0.0301. The average molecular weight is 288 g/mol. The van der Waals surface area contributed by atoms with Gasteiger partial charge in [0.2, 0.25) is 0 Å². The predicted octanol–water partition coefficient (Wildman–Crippen LogP) is 1.80. The van der Waals surface area contributed by atoms with E-state index in [2.05, 4.69) is 23.1 Å². The van der Waals surface area contributed by atoms with Crippen LogP contribution >= 0.6 is 0 Å². The average Bonchev–Trinajstić information content (AvgIpc) is 2.46. The lowest BCUT2D eigenvalue weighted by Gasteiger charge is -2.34. The molecule has 4 heteroatoms. The van der Waals surface area contributed by atoms with Crippen molar-refractivity contribution in [2.24, 2.45) is 11.7 Å². The van der Waals surface area contributed by atoms with Gasteiger partial charge in [-0.05, 0) is 48.8 Å². The number of benzene rings is 1. The Morgan fingerprint density at radius 2 is 2.00 bits per heavy atom. The molecule has 0 amide bonds. The van der Waals surface area contributed by atoms with Gasteiger partial charge in [-0.25, -0.2) is 0 Å². The number of carboxylic acids is 1. The van der Waals surface area contributed by atoms with Gasteiger partial charge in [0.05, 0.1) is 5.92 Å². The number of hydrogen-bond acceptors (Lipinski definition) is 3. The predicted molar refractivity (Wildman–Crippen MR) is 82.1 cm³/mol. The van der Waals surface area contributed by atoms with Crippen LogP contribution in [0, 0.1) is 5.92 Å². The summed E-state index contributed by atoms with van der Waals surface area (Å²) in [7, 11) is 0. The number of piperidine rings is 1. The monoisotopic (exact) mass is 288 g/mol. The molecule has 3 N–H and O–H groups in total. The summed E-state index contributed by atoms with van der Waals surface area (Å²) in [5.41, 5.74) is 10.3. The van der Waals surface area contributed by atoms with Gasteiger partial charge in [-0.15, -0.1) is 0 Å². The molecular weight excluding hydrogens is 264 g/mol. The first-order valence-corrected chi connectivity index (χ1v) is 7.93. The topological polar surface area (TPSA) is 66.6 Å². The van der Waals surface area contributed by atoms with Crippen LogP contribution in [0.3, 0.4) is 0 Å². The van der Waals surface area contributed by atoms with Crippen LogP contribution in [-0.2, 0) is 24.2 Å². The maximum Gasteiger partial charge on any atom is 0.307 e. The van der Waals surface area contributed by atoms with E-state index in [0.717, 1.165) is 13.1 Å². The Labute approximate surface area is 125 Å². The fourth-order valence-corrected chi connectivity index (χ4v) is 3.68. The minimum Gasteiger partial charge on any atom is -0.481 e. The summed E-state index contributed by atoms with van der Waals surface area (Å²) in [6.07, 6.45) is 5.56. The van der Waals surface area contributed by atoms with Gasteiger partial charge in [-0.3, -0.25) is 9.69 Å². The summed E-state index contributed by atoms with van der Waals surface area (Å²) in [5, 5.41) is 9.22. The van der Waals surface area contributed by atoms with Crippen molar-refractivity contribution in [3.05, 3.63) is 34.9 Å². The van der Waals surface area contributed by atoms with E-state index in [9.17, 15) is 9.90 Å². The van der Waals surface area contributed by atoms with Crippen molar-refractivity contribution < 1.29 is 9.90 Å². The van der Waals surface area contributed by atoms with Gasteiger partial charge < -0.3 is 10.8 Å². The quantitative estimate of drug-likeness (QED) is 0.890. The van der Waals surface area contributed by atoms with Gasteiger partial charge in [-0.1, -0.05) is 18.2 Å². The van der Waals surface area contributed by atoms with Crippen LogP contribution in [0.2, 0.25) is 0 Å². The molecule has 4 nitrogen and oxygen atoms in total. The van der Waals surface area contributed by atoms with Crippen LogP contribution in [-0.4, -0.2) is 35.1 Å². The van der Waals surface area contributed by atoms with Gasteiger partial charge >= 0.3 is 5.97 Å². The molecular formula is C17H24N2O2. The first kappa shape index (κ1) is 14.5. The number of hydrogen-bond donors (Lipinski definition) is 2. The second-order valence-electron chi connectivity index (χ2n) is 6.54. The molecule has 114 valence electrons. The Balaban J connectivity index is 1.69. The molecule has 1 aromatic rings. The van der Waals surface area contributed by atoms with E-state index in [-0.39, 0.29) is 12.0 Å². The molecule has 3 rings (SSSR count). The number of fused-ring (bicyclic) bond motifs is 1. The summed E-state index contributed by atoms with van der Waals surface area (Å²) in [4.78, 5) is 13.4. The highest BCUT2D eigenvalue weighted by atomic mass is 16.4. The lowest BCUT2D eigenvalue weighted by atomic mass is 9.90. The van der Waals surface area contributed by atoms with Crippen molar-refractivity contribution in [2.75, 3.05) is 13.1 Å². The molecule has 1 heterocycles. The molecule has 1 aromatic carbocycles. The second-order valence-corrected chi connectivity index (χ2v) is 6.54. The van der Waals surface area contributed by atoms with E-state index in [1.165, 1.54) is 42.4 Å². The zero-order valence-corrected chi connectivity index (χ0v) is 12.4. The molecule has 0 saturated carbocycles. The Morgan fingerprint density at radius 3 is 2.76 bits per heavy atom. The number of aryl methyl sites for hydroxylation is 2. The van der Waals surface area contributed by atoms with Crippen LogP contribution in [0.4, 0.5) is 0 Å². The van der Waals surface area contributed by atoms with E-state index < -0.39 is 5.97 Å². The van der Waals surface area contributed by atoms with E-state index in [1.54, 1.807) is 0 Å². The third-order valence-electron chi connectivity index (χ3n) is 4.73. The molecule has 0 bridgehead atoms. The highest BCUT2D eigenvalue weighted by Gasteiger charge is 2.29. The van der Waals surface area contributed by atoms with Gasteiger partial charge in [0, 0.05) is 25.7 Å². The smallest absolute Gasteiger partial charge is 0.307 e. The fraction of sp³-hybridized carbons (Fsp3) is 0.588. The molecule has 2 unspecified atom stereocenters. The summed E-state index contributed by atoms with van der Waals surface area (Å²) < 4.78 is 0. The molecule has 2 aliphatic rings. The van der Waals surface area contributed by atoms with Gasteiger partial charge in [-0.2, -0.15) is 0 Å². The zero-order valence-electron chi connectivity index (χ0n) is 12.4. The lowest BCUT2D eigenvalue weighted by Crippen LogP contribution is -2.48. The fourth-order valence-electron chi connectivity index (χ4n) is 3.68. The Bertz CT molecular complexity index is 530. The molecule has 0 spiro atoms. The van der Waals surface area contributed by atoms with E-state index in [0.29, 0.717) is 13.0 Å². The molecule has 1 saturated heterocycles. The van der Waals surface area contributed by atoms with Gasteiger partial charge in [0.15, 0.2) is 0 Å². The minimum atomic E-state index is -0.722. The Hall–Kier alpha value is -1.39. The standard InChI is InChI=1S/C17H24N2O2/c18-16-8-15(17(20)21)10-19(11-16)9-12-5-6-13-3-1-2-4-14(13)7-12/h5-7,15-16H,1-4,8-11,18H2,(H,20,21). The Kier molecular flexibility index (Phi) is 4.27. The van der Waals surface area contributed by atoms with Gasteiger partial charge in [0.1, 0.15) is 0 Å². The largest absolute Gasteiger partial charge is 0.481 e. The molecule has 1 aliphatic carbocycles. The van der Waals surface area contributed by atoms with Crippen molar-refractivity contribution in [3.8, 4) is 0 Å². The van der Waals surface area contributed by atoms with Crippen molar-refractivity contribution in [2.45, 2.75) is 44.7 Å². The molecule has 1 aliphatic heterocycles. The number of nitrogens with zero attached hydrogens (tertiary/aromatic N) is 1.